The number of hydrogen-bond acceptors (Lipinski definition) is 3. The van der Waals surface area contributed by atoms with Crippen LogP contribution in [-0.4, -0.2) is 14.5 Å². The first-order valence-electron chi connectivity index (χ1n) is 6.46. The van der Waals surface area contributed by atoms with Crippen molar-refractivity contribution in [1.82, 2.24) is 9.55 Å². The predicted molar refractivity (Wildman–Crippen MR) is 80.7 cm³/mol. The van der Waals surface area contributed by atoms with Crippen LogP contribution in [0, 0.1) is 10.1 Å². The van der Waals surface area contributed by atoms with Crippen molar-refractivity contribution in [1.29, 1.82) is 0 Å². The van der Waals surface area contributed by atoms with Crippen molar-refractivity contribution >= 4 is 5.69 Å². The molecule has 3 aromatic rings. The number of aryl methyl sites for hydroxylation is 1. The predicted octanol–water partition coefficient (Wildman–Crippen LogP) is 3.66. The Morgan fingerprint density at radius 1 is 1.05 bits per heavy atom. The molecule has 0 radical (unpaired) electrons. The van der Waals surface area contributed by atoms with Gasteiger partial charge < -0.3 is 4.57 Å². The molecule has 21 heavy (non-hydrogen) atoms. The lowest BCUT2D eigenvalue weighted by atomic mass is 10.00. The topological polar surface area (TPSA) is 61.0 Å². The van der Waals surface area contributed by atoms with Gasteiger partial charge in [0.1, 0.15) is 0 Å². The maximum absolute atomic E-state index is 10.9. The van der Waals surface area contributed by atoms with Crippen molar-refractivity contribution in [3.8, 4) is 22.3 Å². The summed E-state index contributed by atoms with van der Waals surface area (Å²) in [6.45, 7) is 0. The van der Waals surface area contributed by atoms with Crippen LogP contribution in [0.4, 0.5) is 5.69 Å². The third-order valence-electron chi connectivity index (χ3n) is 3.31. The summed E-state index contributed by atoms with van der Waals surface area (Å²) >= 11 is 0. The summed E-state index contributed by atoms with van der Waals surface area (Å²) in [6.07, 6.45) is 7.44. The molecule has 0 aliphatic heterocycles. The average Bonchev–Trinajstić information content (AvgIpc) is 2.90. The number of nitro groups is 1. The Morgan fingerprint density at radius 3 is 2.38 bits per heavy atom. The highest BCUT2D eigenvalue weighted by Gasteiger charge is 2.13. The molecule has 3 rings (SSSR count). The summed E-state index contributed by atoms with van der Waals surface area (Å²) in [5, 5.41) is 10.9. The lowest BCUT2D eigenvalue weighted by molar-refractivity contribution is -0.384. The van der Waals surface area contributed by atoms with Crippen LogP contribution in [0.3, 0.4) is 0 Å². The summed E-state index contributed by atoms with van der Waals surface area (Å²) in [7, 11) is 1.94. The van der Waals surface area contributed by atoms with Gasteiger partial charge in [0.15, 0.2) is 0 Å². The molecule has 0 spiro atoms. The molecule has 2 heterocycles. The third kappa shape index (κ3) is 2.53. The monoisotopic (exact) mass is 279 g/mol. The molecule has 0 saturated heterocycles. The van der Waals surface area contributed by atoms with Crippen LogP contribution in [0.1, 0.15) is 0 Å². The molecule has 0 atom stereocenters. The van der Waals surface area contributed by atoms with E-state index in [1.807, 2.05) is 42.2 Å². The molecule has 0 N–H and O–H groups in total. The Kier molecular flexibility index (Phi) is 3.23. The molecule has 0 aliphatic carbocycles. The Morgan fingerprint density at radius 2 is 1.71 bits per heavy atom. The standard InChI is InChI=1S/C16H13N3O2/c1-18-10-15(12-5-7-17-8-6-12)16(11-18)13-3-2-4-14(9-13)19(20)21/h2-11H,1H3. The zero-order chi connectivity index (χ0) is 14.8. The van der Waals surface area contributed by atoms with Gasteiger partial charge in [-0.2, -0.15) is 0 Å². The highest BCUT2D eigenvalue weighted by molar-refractivity contribution is 5.83. The normalized spacial score (nSPS) is 10.5. The van der Waals surface area contributed by atoms with E-state index in [-0.39, 0.29) is 10.6 Å². The fourth-order valence-corrected chi connectivity index (χ4v) is 2.36. The fraction of sp³-hybridized carbons (Fsp3) is 0.0625. The average molecular weight is 279 g/mol. The van der Waals surface area contributed by atoms with Crippen LogP contribution in [0.2, 0.25) is 0 Å². The number of rotatable bonds is 3. The van der Waals surface area contributed by atoms with E-state index in [2.05, 4.69) is 4.98 Å². The molecule has 5 heteroatoms. The Labute approximate surface area is 121 Å². The van der Waals surface area contributed by atoms with E-state index in [1.165, 1.54) is 6.07 Å². The van der Waals surface area contributed by atoms with Crippen molar-refractivity contribution in [2.24, 2.45) is 7.05 Å². The molecule has 104 valence electrons. The van der Waals surface area contributed by atoms with Crippen molar-refractivity contribution in [3.63, 3.8) is 0 Å². The number of nitrogens with zero attached hydrogens (tertiary/aromatic N) is 3. The lowest BCUT2D eigenvalue weighted by Gasteiger charge is -2.04. The van der Waals surface area contributed by atoms with Gasteiger partial charge in [-0.25, -0.2) is 0 Å². The van der Waals surface area contributed by atoms with E-state index in [9.17, 15) is 10.1 Å². The zero-order valence-electron chi connectivity index (χ0n) is 11.4. The summed E-state index contributed by atoms with van der Waals surface area (Å²) in [4.78, 5) is 14.6. The number of pyridine rings is 1. The third-order valence-corrected chi connectivity index (χ3v) is 3.31. The highest BCUT2D eigenvalue weighted by atomic mass is 16.6. The fourth-order valence-electron chi connectivity index (χ4n) is 2.36. The minimum Gasteiger partial charge on any atom is -0.356 e. The van der Waals surface area contributed by atoms with Gasteiger partial charge in [0.05, 0.1) is 4.92 Å². The van der Waals surface area contributed by atoms with Gasteiger partial charge in [0.2, 0.25) is 0 Å². The van der Waals surface area contributed by atoms with E-state index in [0.29, 0.717) is 0 Å². The van der Waals surface area contributed by atoms with E-state index in [1.54, 1.807) is 24.5 Å². The number of hydrogen-bond donors (Lipinski definition) is 0. The second-order valence-corrected chi connectivity index (χ2v) is 4.79. The van der Waals surface area contributed by atoms with Crippen molar-refractivity contribution in [2.75, 3.05) is 0 Å². The van der Waals surface area contributed by atoms with Crippen LogP contribution in [-0.2, 0) is 7.05 Å². The van der Waals surface area contributed by atoms with Gasteiger partial charge in [0.25, 0.3) is 5.69 Å². The minimum atomic E-state index is -0.376. The molecular formula is C16H13N3O2. The van der Waals surface area contributed by atoms with Gasteiger partial charge in [-0.1, -0.05) is 12.1 Å². The van der Waals surface area contributed by atoms with E-state index in [0.717, 1.165) is 22.3 Å². The van der Waals surface area contributed by atoms with Crippen LogP contribution < -0.4 is 0 Å². The van der Waals surface area contributed by atoms with Gasteiger partial charge in [-0.3, -0.25) is 15.1 Å². The number of benzene rings is 1. The minimum absolute atomic E-state index is 0.0945. The first-order valence-corrected chi connectivity index (χ1v) is 6.46. The van der Waals surface area contributed by atoms with Gasteiger partial charge in [-0.05, 0) is 23.3 Å². The Balaban J connectivity index is 2.15. The van der Waals surface area contributed by atoms with Gasteiger partial charge in [-0.15, -0.1) is 0 Å². The SMILES string of the molecule is Cn1cc(-c2ccncc2)c(-c2cccc([N+](=O)[O-])c2)c1. The largest absolute Gasteiger partial charge is 0.356 e. The van der Waals surface area contributed by atoms with E-state index >= 15 is 0 Å². The molecule has 0 fully saturated rings. The van der Waals surface area contributed by atoms with Crippen molar-refractivity contribution in [3.05, 3.63) is 71.3 Å². The lowest BCUT2D eigenvalue weighted by Crippen LogP contribution is -1.88. The maximum Gasteiger partial charge on any atom is 0.270 e. The molecule has 0 bridgehead atoms. The second kappa shape index (κ2) is 5.20. The molecule has 0 aliphatic rings. The van der Waals surface area contributed by atoms with Gasteiger partial charge >= 0.3 is 0 Å². The summed E-state index contributed by atoms with van der Waals surface area (Å²) in [6, 6.07) is 10.5. The Bertz CT molecular complexity index is 794. The summed E-state index contributed by atoms with van der Waals surface area (Å²) < 4.78 is 1.95. The van der Waals surface area contributed by atoms with E-state index < -0.39 is 0 Å². The summed E-state index contributed by atoms with van der Waals surface area (Å²) in [5.41, 5.74) is 3.95. The molecule has 5 nitrogen and oxygen atoms in total. The highest BCUT2D eigenvalue weighted by Crippen LogP contribution is 2.33. The zero-order valence-corrected chi connectivity index (χ0v) is 11.4. The van der Waals surface area contributed by atoms with Crippen molar-refractivity contribution in [2.45, 2.75) is 0 Å². The first kappa shape index (κ1) is 13.1. The van der Waals surface area contributed by atoms with Crippen LogP contribution in [0.25, 0.3) is 22.3 Å². The van der Waals surface area contributed by atoms with Crippen molar-refractivity contribution < 1.29 is 4.92 Å². The smallest absolute Gasteiger partial charge is 0.270 e. The number of aromatic nitrogens is 2. The molecular weight excluding hydrogens is 266 g/mol. The van der Waals surface area contributed by atoms with Crippen LogP contribution >= 0.6 is 0 Å². The molecule has 0 saturated carbocycles. The van der Waals surface area contributed by atoms with E-state index in [4.69, 9.17) is 0 Å². The summed E-state index contributed by atoms with van der Waals surface area (Å²) in [5.74, 6) is 0. The first-order chi connectivity index (χ1) is 10.1. The quantitative estimate of drug-likeness (QED) is 0.543. The number of nitro benzene ring substituents is 1. The maximum atomic E-state index is 10.9. The van der Waals surface area contributed by atoms with Gasteiger partial charge in [0, 0.05) is 55.1 Å². The molecule has 0 unspecified atom stereocenters. The molecule has 2 aromatic heterocycles. The number of non-ortho nitro benzene ring substituents is 1. The molecule has 1 aromatic carbocycles. The van der Waals surface area contributed by atoms with Crippen LogP contribution in [0.15, 0.2) is 61.2 Å². The van der Waals surface area contributed by atoms with Crippen LogP contribution in [0.5, 0.6) is 0 Å². The Hall–Kier alpha value is -2.95. The second-order valence-electron chi connectivity index (χ2n) is 4.79. The molecule has 0 amide bonds.